The Kier molecular flexibility index (Phi) is 6.07. The van der Waals surface area contributed by atoms with E-state index < -0.39 is 0 Å². The molecule has 1 aliphatic heterocycles. The lowest BCUT2D eigenvalue weighted by atomic mass is 9.83. The number of benzene rings is 1. The van der Waals surface area contributed by atoms with Crippen LogP contribution in [0.5, 0.6) is 5.75 Å². The molecule has 3 heteroatoms. The van der Waals surface area contributed by atoms with E-state index in [2.05, 4.69) is 55.3 Å². The molecule has 0 spiro atoms. The predicted octanol–water partition coefficient (Wildman–Crippen LogP) is 3.30. The van der Waals surface area contributed by atoms with Crippen molar-refractivity contribution in [3.8, 4) is 5.75 Å². The Bertz CT molecular complexity index is 421. The smallest absolute Gasteiger partial charge is 0.119 e. The van der Waals surface area contributed by atoms with Gasteiger partial charge in [-0.3, -0.25) is 4.90 Å². The molecule has 118 valence electrons. The van der Waals surface area contributed by atoms with Crippen LogP contribution < -0.4 is 10.1 Å². The van der Waals surface area contributed by atoms with Gasteiger partial charge in [-0.25, -0.2) is 0 Å². The Morgan fingerprint density at radius 2 is 2.00 bits per heavy atom. The van der Waals surface area contributed by atoms with Gasteiger partial charge in [0.1, 0.15) is 12.4 Å². The van der Waals surface area contributed by atoms with E-state index in [4.69, 9.17) is 4.74 Å². The van der Waals surface area contributed by atoms with E-state index in [9.17, 15) is 0 Å². The minimum absolute atomic E-state index is 0.526. The number of piperidine rings is 1. The number of likely N-dealkylation sites (tertiary alicyclic amines) is 1. The van der Waals surface area contributed by atoms with Crippen molar-refractivity contribution in [2.45, 2.75) is 40.2 Å². The van der Waals surface area contributed by atoms with E-state index in [-0.39, 0.29) is 0 Å². The number of ether oxygens (including phenoxy) is 1. The summed E-state index contributed by atoms with van der Waals surface area (Å²) in [6, 6.07) is 8.41. The van der Waals surface area contributed by atoms with Gasteiger partial charge in [0.15, 0.2) is 0 Å². The molecule has 1 fully saturated rings. The first-order chi connectivity index (χ1) is 10.1. The van der Waals surface area contributed by atoms with Crippen LogP contribution in [0.3, 0.4) is 0 Å². The van der Waals surface area contributed by atoms with E-state index in [1.165, 1.54) is 31.5 Å². The zero-order valence-electron chi connectivity index (χ0n) is 13.8. The number of hydrogen-bond donors (Lipinski definition) is 1. The normalized spacial score (nSPS) is 18.6. The zero-order valence-corrected chi connectivity index (χ0v) is 13.8. The number of rotatable bonds is 7. The molecule has 0 unspecified atom stereocenters. The van der Waals surface area contributed by atoms with Gasteiger partial charge in [-0.1, -0.05) is 32.9 Å². The number of nitrogens with one attached hydrogen (secondary N) is 1. The SMILES string of the molecule is CCNCc1cccc(OCCN2CCC(C)(C)CC2)c1. The summed E-state index contributed by atoms with van der Waals surface area (Å²) in [5, 5.41) is 3.34. The van der Waals surface area contributed by atoms with Crippen molar-refractivity contribution >= 4 is 0 Å². The molecule has 21 heavy (non-hydrogen) atoms. The van der Waals surface area contributed by atoms with Crippen molar-refractivity contribution in [2.75, 3.05) is 32.8 Å². The summed E-state index contributed by atoms with van der Waals surface area (Å²) in [7, 11) is 0. The van der Waals surface area contributed by atoms with Crippen LogP contribution in [0.2, 0.25) is 0 Å². The highest BCUT2D eigenvalue weighted by atomic mass is 16.5. The average molecular weight is 290 g/mol. The fraction of sp³-hybridized carbons (Fsp3) is 0.667. The van der Waals surface area contributed by atoms with Gasteiger partial charge in [-0.15, -0.1) is 0 Å². The van der Waals surface area contributed by atoms with Gasteiger partial charge in [0, 0.05) is 13.1 Å². The van der Waals surface area contributed by atoms with Gasteiger partial charge >= 0.3 is 0 Å². The molecule has 1 aromatic rings. The lowest BCUT2D eigenvalue weighted by molar-refractivity contribution is 0.116. The Morgan fingerprint density at radius 1 is 1.24 bits per heavy atom. The molecule has 0 aliphatic carbocycles. The minimum atomic E-state index is 0.526. The molecule has 2 rings (SSSR count). The molecule has 1 heterocycles. The van der Waals surface area contributed by atoms with Crippen LogP contribution in [0.1, 0.15) is 39.2 Å². The van der Waals surface area contributed by atoms with E-state index in [0.717, 1.165) is 32.0 Å². The molecule has 0 radical (unpaired) electrons. The fourth-order valence-corrected chi connectivity index (χ4v) is 2.69. The largest absolute Gasteiger partial charge is 0.492 e. The standard InChI is InChI=1S/C18H30N2O/c1-4-19-15-16-6-5-7-17(14-16)21-13-12-20-10-8-18(2,3)9-11-20/h5-7,14,19H,4,8-13,15H2,1-3H3. The third-order valence-corrected chi connectivity index (χ3v) is 4.36. The van der Waals surface area contributed by atoms with Crippen molar-refractivity contribution < 1.29 is 4.74 Å². The molecule has 1 saturated heterocycles. The van der Waals surface area contributed by atoms with Crippen LogP contribution in [-0.4, -0.2) is 37.7 Å². The highest BCUT2D eigenvalue weighted by Gasteiger charge is 2.24. The maximum Gasteiger partial charge on any atom is 0.119 e. The molecule has 0 bridgehead atoms. The minimum Gasteiger partial charge on any atom is -0.492 e. The number of hydrogen-bond acceptors (Lipinski definition) is 3. The van der Waals surface area contributed by atoms with Crippen molar-refractivity contribution in [2.24, 2.45) is 5.41 Å². The first-order valence-corrected chi connectivity index (χ1v) is 8.24. The van der Waals surface area contributed by atoms with Crippen LogP contribution in [-0.2, 0) is 6.54 Å². The van der Waals surface area contributed by atoms with Crippen LogP contribution in [0.4, 0.5) is 0 Å². The molecule has 1 N–H and O–H groups in total. The summed E-state index contributed by atoms with van der Waals surface area (Å²) in [5.74, 6) is 0.989. The Labute approximate surface area is 129 Å². The second-order valence-corrected chi connectivity index (χ2v) is 6.78. The van der Waals surface area contributed by atoms with Crippen LogP contribution >= 0.6 is 0 Å². The quantitative estimate of drug-likeness (QED) is 0.834. The molecule has 0 amide bonds. The van der Waals surface area contributed by atoms with Gasteiger partial charge in [0.25, 0.3) is 0 Å². The summed E-state index contributed by atoms with van der Waals surface area (Å²) in [4.78, 5) is 2.52. The highest BCUT2D eigenvalue weighted by Crippen LogP contribution is 2.29. The third kappa shape index (κ3) is 5.68. The molecule has 3 nitrogen and oxygen atoms in total. The summed E-state index contributed by atoms with van der Waals surface area (Å²) in [5.41, 5.74) is 1.81. The fourth-order valence-electron chi connectivity index (χ4n) is 2.69. The second-order valence-electron chi connectivity index (χ2n) is 6.78. The summed E-state index contributed by atoms with van der Waals surface area (Å²) < 4.78 is 5.91. The van der Waals surface area contributed by atoms with Gasteiger partial charge < -0.3 is 10.1 Å². The van der Waals surface area contributed by atoms with E-state index in [1.54, 1.807) is 0 Å². The van der Waals surface area contributed by atoms with Gasteiger partial charge in [-0.2, -0.15) is 0 Å². The average Bonchev–Trinajstić information content (AvgIpc) is 2.47. The first kappa shape index (κ1) is 16.3. The second kappa shape index (κ2) is 7.81. The lowest BCUT2D eigenvalue weighted by Crippen LogP contribution is -2.39. The summed E-state index contributed by atoms with van der Waals surface area (Å²) >= 11 is 0. The highest BCUT2D eigenvalue weighted by molar-refractivity contribution is 5.28. The van der Waals surface area contributed by atoms with E-state index in [1.807, 2.05) is 0 Å². The maximum absolute atomic E-state index is 5.91. The van der Waals surface area contributed by atoms with Crippen molar-refractivity contribution in [3.63, 3.8) is 0 Å². The Morgan fingerprint density at radius 3 is 2.71 bits per heavy atom. The predicted molar refractivity (Wildman–Crippen MR) is 88.8 cm³/mol. The van der Waals surface area contributed by atoms with E-state index >= 15 is 0 Å². The summed E-state index contributed by atoms with van der Waals surface area (Å²) in [6.07, 6.45) is 2.59. The van der Waals surface area contributed by atoms with Crippen molar-refractivity contribution in [1.82, 2.24) is 10.2 Å². The first-order valence-electron chi connectivity index (χ1n) is 8.24. The van der Waals surface area contributed by atoms with Crippen LogP contribution in [0.15, 0.2) is 24.3 Å². The molecule has 1 aromatic carbocycles. The number of nitrogens with zero attached hydrogens (tertiary/aromatic N) is 1. The van der Waals surface area contributed by atoms with Crippen LogP contribution in [0.25, 0.3) is 0 Å². The summed E-state index contributed by atoms with van der Waals surface area (Å²) in [6.45, 7) is 13.0. The molecule has 0 saturated carbocycles. The molecular formula is C18H30N2O. The van der Waals surface area contributed by atoms with Crippen molar-refractivity contribution in [1.29, 1.82) is 0 Å². The maximum atomic E-state index is 5.91. The molecular weight excluding hydrogens is 260 g/mol. The van der Waals surface area contributed by atoms with Gasteiger partial charge in [0.05, 0.1) is 0 Å². The van der Waals surface area contributed by atoms with Gasteiger partial charge in [-0.05, 0) is 55.6 Å². The molecule has 1 aliphatic rings. The Balaban J connectivity index is 1.71. The zero-order chi connectivity index (χ0) is 15.1. The van der Waals surface area contributed by atoms with Gasteiger partial charge in [0.2, 0.25) is 0 Å². The lowest BCUT2D eigenvalue weighted by Gasteiger charge is -2.36. The van der Waals surface area contributed by atoms with Crippen LogP contribution in [0, 0.1) is 5.41 Å². The topological polar surface area (TPSA) is 24.5 Å². The Hall–Kier alpha value is -1.06. The monoisotopic (exact) mass is 290 g/mol. The molecule has 0 atom stereocenters. The van der Waals surface area contributed by atoms with E-state index in [0.29, 0.717) is 5.41 Å². The molecule has 0 aromatic heterocycles. The third-order valence-electron chi connectivity index (χ3n) is 4.36. The van der Waals surface area contributed by atoms with Crippen molar-refractivity contribution in [3.05, 3.63) is 29.8 Å².